The Labute approximate surface area is 245 Å². The van der Waals surface area contributed by atoms with Gasteiger partial charge in [-0.05, 0) is 87.1 Å². The zero-order chi connectivity index (χ0) is 30.5. The molecule has 0 saturated heterocycles. The van der Waals surface area contributed by atoms with Gasteiger partial charge < -0.3 is 16.4 Å². The van der Waals surface area contributed by atoms with Crippen LogP contribution in [0.3, 0.4) is 0 Å². The molecule has 3 rings (SSSR count). The molecule has 1 fully saturated rings. The number of rotatable bonds is 13. The van der Waals surface area contributed by atoms with Crippen LogP contribution in [0.25, 0.3) is 11.1 Å². The fraction of sp³-hybridized carbons (Fsp3) is 0.194. The van der Waals surface area contributed by atoms with Gasteiger partial charge in [0.15, 0.2) is 0 Å². The van der Waals surface area contributed by atoms with Crippen molar-refractivity contribution in [1.82, 2.24) is 15.6 Å². The second-order valence-electron chi connectivity index (χ2n) is 9.65. The first-order valence-corrected chi connectivity index (χ1v) is 13.4. The van der Waals surface area contributed by atoms with Gasteiger partial charge in [0.2, 0.25) is 0 Å². The molecule has 1 aliphatic rings. The summed E-state index contributed by atoms with van der Waals surface area (Å²) < 4.78 is 15.9. The summed E-state index contributed by atoms with van der Waals surface area (Å²) in [5.41, 5.74) is 14.2. The highest BCUT2D eigenvalue weighted by Crippen LogP contribution is 2.35. The van der Waals surface area contributed by atoms with Crippen LogP contribution in [0.5, 0.6) is 0 Å². The van der Waals surface area contributed by atoms with E-state index in [0.29, 0.717) is 28.4 Å². The quantitative estimate of drug-likeness (QED) is 0.134. The molecule has 0 radical (unpaired) electrons. The number of pyridine rings is 1. The molecule has 0 bridgehead atoms. The van der Waals surface area contributed by atoms with Gasteiger partial charge in [-0.3, -0.25) is 4.98 Å². The van der Waals surface area contributed by atoms with Gasteiger partial charge in [0.1, 0.15) is 5.82 Å². The van der Waals surface area contributed by atoms with Crippen molar-refractivity contribution in [2.24, 2.45) is 5.92 Å². The number of hydrogen-bond donors (Lipinski definition) is 3. The van der Waals surface area contributed by atoms with E-state index in [-0.39, 0.29) is 12.2 Å². The molecule has 0 unspecified atom stereocenters. The molecular formula is C36H41FN4. The molecule has 1 aromatic carbocycles. The van der Waals surface area contributed by atoms with Crippen molar-refractivity contribution >= 4 is 16.8 Å². The van der Waals surface area contributed by atoms with Crippen molar-refractivity contribution in [2.45, 2.75) is 40.0 Å². The van der Waals surface area contributed by atoms with Gasteiger partial charge in [-0.15, -0.1) is 12.8 Å². The standard InChI is InChI=1S/C34H39FN4.C2H2/c1-8-13-29(33-14-11-12-19-37-33)23(5)24(6)38-22(4)20-31-32(36)18-17-30(34(31)35)26(9-2)21-28(10-3)39-25(7)27-15-16-27;1-2/h8-14,17-19,21,27,38-39H,1,3-4,7,15-16,20,36H2,2,5-6H3;1-2H/b24-23+,26-9+,28-21+,29-13+;. The number of hydrogen-bond acceptors (Lipinski definition) is 4. The first-order valence-electron chi connectivity index (χ1n) is 13.4. The van der Waals surface area contributed by atoms with Crippen LogP contribution >= 0.6 is 0 Å². The van der Waals surface area contributed by atoms with Gasteiger partial charge in [0.25, 0.3) is 0 Å². The van der Waals surface area contributed by atoms with E-state index in [0.717, 1.165) is 52.3 Å². The van der Waals surface area contributed by atoms with Crippen molar-refractivity contribution in [3.8, 4) is 12.8 Å². The highest BCUT2D eigenvalue weighted by Gasteiger charge is 2.24. The van der Waals surface area contributed by atoms with Crippen LogP contribution in [-0.2, 0) is 6.42 Å². The van der Waals surface area contributed by atoms with Gasteiger partial charge in [-0.25, -0.2) is 4.39 Å². The molecule has 2 aromatic rings. The molecule has 212 valence electrons. The summed E-state index contributed by atoms with van der Waals surface area (Å²) in [5.74, 6) is 0.125. The average molecular weight is 549 g/mol. The third-order valence-corrected chi connectivity index (χ3v) is 6.75. The third kappa shape index (κ3) is 8.84. The first-order chi connectivity index (χ1) is 19.7. The molecule has 1 saturated carbocycles. The predicted molar refractivity (Wildman–Crippen MR) is 174 cm³/mol. The Morgan fingerprint density at radius 2 is 1.83 bits per heavy atom. The van der Waals surface area contributed by atoms with Crippen molar-refractivity contribution in [3.05, 3.63) is 144 Å². The lowest BCUT2D eigenvalue weighted by atomic mass is 9.97. The lowest BCUT2D eigenvalue weighted by Gasteiger charge is -2.18. The molecule has 1 aromatic heterocycles. The van der Waals surface area contributed by atoms with Gasteiger partial charge in [0, 0.05) is 57.8 Å². The number of benzene rings is 1. The van der Waals surface area contributed by atoms with Crippen LogP contribution < -0.4 is 16.4 Å². The van der Waals surface area contributed by atoms with Crippen molar-refractivity contribution < 1.29 is 4.39 Å². The minimum absolute atomic E-state index is 0.228. The number of anilines is 1. The highest BCUT2D eigenvalue weighted by molar-refractivity contribution is 5.79. The number of nitrogen functional groups attached to an aromatic ring is 1. The Morgan fingerprint density at radius 3 is 2.39 bits per heavy atom. The maximum absolute atomic E-state index is 15.9. The zero-order valence-electron chi connectivity index (χ0n) is 24.4. The fourth-order valence-corrected chi connectivity index (χ4v) is 4.25. The minimum Gasteiger partial charge on any atom is -0.398 e. The summed E-state index contributed by atoms with van der Waals surface area (Å²) in [6.45, 7) is 21.9. The van der Waals surface area contributed by atoms with Crippen molar-refractivity contribution in [1.29, 1.82) is 0 Å². The Kier molecular flexibility index (Phi) is 12.4. The average Bonchev–Trinajstić information content (AvgIpc) is 3.83. The van der Waals surface area contributed by atoms with Gasteiger partial charge in [-0.1, -0.05) is 50.6 Å². The van der Waals surface area contributed by atoms with E-state index >= 15 is 4.39 Å². The summed E-state index contributed by atoms with van der Waals surface area (Å²) in [6.07, 6.45) is 21.4. The van der Waals surface area contributed by atoms with Crippen LogP contribution in [0, 0.1) is 24.6 Å². The van der Waals surface area contributed by atoms with Gasteiger partial charge in [0.05, 0.1) is 5.69 Å². The van der Waals surface area contributed by atoms with Crippen molar-refractivity contribution in [3.63, 3.8) is 0 Å². The van der Waals surface area contributed by atoms with Gasteiger partial charge >= 0.3 is 0 Å². The van der Waals surface area contributed by atoms with Crippen LogP contribution in [0.15, 0.2) is 122 Å². The van der Waals surface area contributed by atoms with E-state index in [1.165, 1.54) is 0 Å². The number of nitrogens with zero attached hydrogens (tertiary/aromatic N) is 1. The lowest BCUT2D eigenvalue weighted by Crippen LogP contribution is -2.16. The largest absolute Gasteiger partial charge is 0.398 e. The number of allylic oxidation sites excluding steroid dienone is 11. The van der Waals surface area contributed by atoms with E-state index < -0.39 is 0 Å². The Bertz CT molecular complexity index is 1430. The second-order valence-corrected chi connectivity index (χ2v) is 9.65. The number of terminal acetylenes is 1. The number of halogens is 1. The molecule has 1 heterocycles. The molecular weight excluding hydrogens is 507 g/mol. The van der Waals surface area contributed by atoms with Crippen LogP contribution in [-0.4, -0.2) is 4.98 Å². The predicted octanol–water partition coefficient (Wildman–Crippen LogP) is 8.25. The van der Waals surface area contributed by atoms with Gasteiger partial charge in [-0.2, -0.15) is 0 Å². The summed E-state index contributed by atoms with van der Waals surface area (Å²) in [6, 6.07) is 9.22. The van der Waals surface area contributed by atoms with Crippen LogP contribution in [0.2, 0.25) is 0 Å². The zero-order valence-corrected chi connectivity index (χ0v) is 24.4. The lowest BCUT2D eigenvalue weighted by molar-refractivity contribution is 0.609. The van der Waals surface area contributed by atoms with E-state index in [1.807, 2.05) is 57.2 Å². The van der Waals surface area contributed by atoms with Crippen molar-refractivity contribution in [2.75, 3.05) is 5.73 Å². The maximum atomic E-state index is 15.9. The molecule has 0 aliphatic heterocycles. The summed E-state index contributed by atoms with van der Waals surface area (Å²) in [7, 11) is 0. The fourth-order valence-electron chi connectivity index (χ4n) is 4.25. The van der Waals surface area contributed by atoms with E-state index in [2.05, 4.69) is 54.8 Å². The summed E-state index contributed by atoms with van der Waals surface area (Å²) in [5, 5.41) is 6.65. The smallest absolute Gasteiger partial charge is 0.136 e. The molecule has 0 amide bonds. The summed E-state index contributed by atoms with van der Waals surface area (Å²) >= 11 is 0. The normalized spacial score (nSPS) is 14.1. The van der Waals surface area contributed by atoms with Crippen LogP contribution in [0.4, 0.5) is 10.1 Å². The molecule has 4 N–H and O–H groups in total. The van der Waals surface area contributed by atoms with E-state index in [9.17, 15) is 0 Å². The molecule has 41 heavy (non-hydrogen) atoms. The number of nitrogens with one attached hydrogen (secondary N) is 2. The molecule has 5 heteroatoms. The molecule has 4 nitrogen and oxygen atoms in total. The first kappa shape index (κ1) is 32.4. The Hall–Kier alpha value is -4.82. The Morgan fingerprint density at radius 1 is 1.12 bits per heavy atom. The molecule has 0 atom stereocenters. The second kappa shape index (κ2) is 15.7. The third-order valence-electron chi connectivity index (χ3n) is 6.75. The highest BCUT2D eigenvalue weighted by atomic mass is 19.1. The topological polar surface area (TPSA) is 63.0 Å². The molecule has 1 aliphatic carbocycles. The van der Waals surface area contributed by atoms with E-state index in [4.69, 9.17) is 5.73 Å². The maximum Gasteiger partial charge on any atom is 0.136 e. The monoisotopic (exact) mass is 548 g/mol. The summed E-state index contributed by atoms with van der Waals surface area (Å²) in [4.78, 5) is 4.47. The SMILES string of the molecule is C#C.C=C/C=C(\C(C)=C(/C)NC(=C)Cc1c(N)ccc(C(/C=C(\C=C)NC(=C)C2CC2)=C/C)c1F)c1ccccn1. The van der Waals surface area contributed by atoms with Crippen LogP contribution in [0.1, 0.15) is 50.4 Å². The number of aromatic nitrogens is 1. The minimum atomic E-state index is -0.370. The van der Waals surface area contributed by atoms with E-state index in [1.54, 1.807) is 30.5 Å². The molecule has 0 spiro atoms. The Balaban J connectivity index is 0.00000287. The number of nitrogens with two attached hydrogens (primary N) is 1.